The number of fused-ring (bicyclic) bond motifs is 1. The molecule has 16 heavy (non-hydrogen) atoms. The van der Waals surface area contributed by atoms with Crippen LogP contribution in [0.15, 0.2) is 36.9 Å². The number of nitrogens with zero attached hydrogens (tertiary/aromatic N) is 2. The van der Waals surface area contributed by atoms with Gasteiger partial charge in [-0.05, 0) is 19.1 Å². The van der Waals surface area contributed by atoms with E-state index in [-0.39, 0.29) is 23.3 Å². The third-order valence-electron chi connectivity index (χ3n) is 2.81. The van der Waals surface area contributed by atoms with Gasteiger partial charge in [0.05, 0.1) is 11.4 Å². The maximum Gasteiger partial charge on any atom is 0.155 e. The average molecular weight is 283 g/mol. The molecule has 1 aromatic rings. The molecule has 88 valence electrons. The Morgan fingerprint density at radius 1 is 1.31 bits per heavy atom. The number of rotatable bonds is 3. The third-order valence-corrected chi connectivity index (χ3v) is 2.81. The summed E-state index contributed by atoms with van der Waals surface area (Å²) in [5.74, 6) is 0. The Morgan fingerprint density at radius 3 is 2.38 bits per heavy atom. The standard InChI is InChI=1S/C12H17N3.BrH/c1-3-9-15-11-8-6-5-7-10(11)14(4-2)12(15)13;/h3,5-8,12H,1,4,9,13H2,2H3;1H/p-1. The molecule has 1 unspecified atom stereocenters. The summed E-state index contributed by atoms with van der Waals surface area (Å²) in [7, 11) is 0. The molecule has 0 bridgehead atoms. The topological polar surface area (TPSA) is 32.5 Å². The van der Waals surface area contributed by atoms with Gasteiger partial charge in [-0.25, -0.2) is 0 Å². The zero-order valence-electron chi connectivity index (χ0n) is 9.44. The van der Waals surface area contributed by atoms with Gasteiger partial charge in [-0.1, -0.05) is 18.2 Å². The van der Waals surface area contributed by atoms with E-state index in [0.717, 1.165) is 13.1 Å². The molecule has 0 spiro atoms. The maximum absolute atomic E-state index is 6.17. The number of nitrogens with two attached hydrogens (primary N) is 1. The van der Waals surface area contributed by atoms with Gasteiger partial charge >= 0.3 is 0 Å². The first-order valence-electron chi connectivity index (χ1n) is 5.28. The van der Waals surface area contributed by atoms with E-state index in [1.807, 2.05) is 18.2 Å². The van der Waals surface area contributed by atoms with E-state index in [2.05, 4.69) is 35.4 Å². The number of benzene rings is 1. The van der Waals surface area contributed by atoms with Gasteiger partial charge < -0.3 is 26.8 Å². The number of hydrogen-bond acceptors (Lipinski definition) is 3. The molecule has 1 aliphatic heterocycles. The quantitative estimate of drug-likeness (QED) is 0.705. The van der Waals surface area contributed by atoms with E-state index >= 15 is 0 Å². The van der Waals surface area contributed by atoms with Crippen molar-refractivity contribution in [3.63, 3.8) is 0 Å². The van der Waals surface area contributed by atoms with Gasteiger partial charge in [0.25, 0.3) is 0 Å². The predicted octanol–water partition coefficient (Wildman–Crippen LogP) is -1.23. The van der Waals surface area contributed by atoms with Crippen LogP contribution in [-0.4, -0.2) is 19.4 Å². The Balaban J connectivity index is 0.00000128. The zero-order valence-corrected chi connectivity index (χ0v) is 11.0. The summed E-state index contributed by atoms with van der Waals surface area (Å²) < 4.78 is 0. The Morgan fingerprint density at radius 2 is 1.88 bits per heavy atom. The molecule has 0 radical (unpaired) electrons. The van der Waals surface area contributed by atoms with Crippen molar-refractivity contribution in [1.82, 2.24) is 0 Å². The van der Waals surface area contributed by atoms with E-state index < -0.39 is 0 Å². The van der Waals surface area contributed by atoms with E-state index in [1.54, 1.807) is 0 Å². The molecule has 1 aromatic carbocycles. The summed E-state index contributed by atoms with van der Waals surface area (Å²) in [5, 5.41) is 0. The highest BCUT2D eigenvalue weighted by Gasteiger charge is 2.30. The van der Waals surface area contributed by atoms with Gasteiger partial charge in [0.1, 0.15) is 0 Å². The van der Waals surface area contributed by atoms with Crippen molar-refractivity contribution in [2.45, 2.75) is 13.2 Å². The lowest BCUT2D eigenvalue weighted by molar-refractivity contribution is -0.00000313. The highest BCUT2D eigenvalue weighted by atomic mass is 79.9. The summed E-state index contributed by atoms with van der Waals surface area (Å²) in [6.07, 6.45) is 1.82. The molecule has 3 nitrogen and oxygen atoms in total. The van der Waals surface area contributed by atoms with Crippen molar-refractivity contribution in [3.05, 3.63) is 36.9 Å². The molecule has 0 saturated heterocycles. The van der Waals surface area contributed by atoms with Crippen molar-refractivity contribution < 1.29 is 17.0 Å². The summed E-state index contributed by atoms with van der Waals surface area (Å²) in [5.41, 5.74) is 8.59. The molecule has 0 aromatic heterocycles. The van der Waals surface area contributed by atoms with Crippen LogP contribution in [0.25, 0.3) is 0 Å². The molecule has 4 heteroatoms. The highest BCUT2D eigenvalue weighted by molar-refractivity contribution is 5.77. The van der Waals surface area contributed by atoms with Crippen LogP contribution in [0.3, 0.4) is 0 Å². The minimum Gasteiger partial charge on any atom is -1.00 e. The second kappa shape index (κ2) is 5.37. The van der Waals surface area contributed by atoms with E-state index in [0.29, 0.717) is 0 Å². The second-order valence-corrected chi connectivity index (χ2v) is 3.63. The first-order valence-corrected chi connectivity index (χ1v) is 5.28. The fraction of sp³-hybridized carbons (Fsp3) is 0.333. The van der Waals surface area contributed by atoms with Crippen molar-refractivity contribution >= 4 is 11.4 Å². The number of hydrogen-bond donors (Lipinski definition) is 1. The van der Waals surface area contributed by atoms with E-state index in [9.17, 15) is 0 Å². The first-order chi connectivity index (χ1) is 7.29. The second-order valence-electron chi connectivity index (χ2n) is 3.63. The monoisotopic (exact) mass is 282 g/mol. The largest absolute Gasteiger partial charge is 1.00 e. The van der Waals surface area contributed by atoms with Crippen LogP contribution in [0.4, 0.5) is 11.4 Å². The number of para-hydroxylation sites is 2. The van der Waals surface area contributed by atoms with Crippen LogP contribution in [0.1, 0.15) is 6.92 Å². The molecule has 0 fully saturated rings. The normalized spacial score (nSPS) is 18.0. The molecule has 1 atom stereocenters. The molecule has 1 heterocycles. The molecular weight excluding hydrogens is 266 g/mol. The van der Waals surface area contributed by atoms with Gasteiger partial charge in [-0.15, -0.1) is 6.58 Å². The number of anilines is 2. The van der Waals surface area contributed by atoms with Crippen LogP contribution in [0, 0.1) is 0 Å². The molecule has 0 aliphatic carbocycles. The molecule has 1 aliphatic rings. The molecule has 2 rings (SSSR count). The Kier molecular flexibility index (Phi) is 4.38. The molecule has 0 amide bonds. The van der Waals surface area contributed by atoms with E-state index in [1.165, 1.54) is 11.4 Å². The molecule has 2 N–H and O–H groups in total. The minimum absolute atomic E-state index is 0. The maximum atomic E-state index is 6.17. The Hall–Kier alpha value is -1.00. The first kappa shape index (κ1) is 13.1. The number of halogens is 1. The van der Waals surface area contributed by atoms with Crippen molar-refractivity contribution in [3.8, 4) is 0 Å². The van der Waals surface area contributed by atoms with Crippen LogP contribution in [0.5, 0.6) is 0 Å². The summed E-state index contributed by atoms with van der Waals surface area (Å²) in [6.45, 7) is 7.59. The van der Waals surface area contributed by atoms with Gasteiger partial charge in [-0.2, -0.15) is 0 Å². The van der Waals surface area contributed by atoms with Crippen LogP contribution < -0.4 is 32.5 Å². The lowest BCUT2D eigenvalue weighted by Gasteiger charge is -2.27. The van der Waals surface area contributed by atoms with Crippen LogP contribution in [0.2, 0.25) is 0 Å². The van der Waals surface area contributed by atoms with Crippen molar-refractivity contribution in [2.24, 2.45) is 5.73 Å². The molecule has 0 saturated carbocycles. The van der Waals surface area contributed by atoms with Crippen LogP contribution >= 0.6 is 0 Å². The van der Waals surface area contributed by atoms with Gasteiger partial charge in [0.15, 0.2) is 6.29 Å². The van der Waals surface area contributed by atoms with Crippen LogP contribution in [-0.2, 0) is 0 Å². The summed E-state index contributed by atoms with van der Waals surface area (Å²) >= 11 is 0. The lowest BCUT2D eigenvalue weighted by Crippen LogP contribution is -3.00. The molecular formula is C12H17BrN3-. The summed E-state index contributed by atoms with van der Waals surface area (Å²) in [6, 6.07) is 8.31. The lowest BCUT2D eigenvalue weighted by atomic mass is 10.2. The average Bonchev–Trinajstić information content (AvgIpc) is 2.53. The minimum atomic E-state index is -0.0644. The summed E-state index contributed by atoms with van der Waals surface area (Å²) in [4.78, 5) is 4.35. The predicted molar refractivity (Wildman–Crippen MR) is 65.0 cm³/mol. The van der Waals surface area contributed by atoms with Gasteiger partial charge in [0.2, 0.25) is 0 Å². The zero-order chi connectivity index (χ0) is 10.8. The van der Waals surface area contributed by atoms with Gasteiger partial charge in [0, 0.05) is 13.1 Å². The fourth-order valence-electron chi connectivity index (χ4n) is 2.11. The van der Waals surface area contributed by atoms with Gasteiger partial charge in [-0.3, -0.25) is 5.73 Å². The third kappa shape index (κ3) is 1.95. The Bertz CT molecular complexity index is 367. The SMILES string of the molecule is C=CCN1c2ccccc2N(CC)C1N.[Br-]. The van der Waals surface area contributed by atoms with Crippen molar-refractivity contribution in [2.75, 3.05) is 22.9 Å². The fourth-order valence-corrected chi connectivity index (χ4v) is 2.11. The van der Waals surface area contributed by atoms with E-state index in [4.69, 9.17) is 5.73 Å². The highest BCUT2D eigenvalue weighted by Crippen LogP contribution is 2.37. The van der Waals surface area contributed by atoms with Crippen molar-refractivity contribution in [1.29, 1.82) is 0 Å². The Labute approximate surface area is 107 Å². The smallest absolute Gasteiger partial charge is 0.155 e.